The van der Waals surface area contributed by atoms with Gasteiger partial charge in [0.05, 0.1) is 16.7 Å². The molecule has 1 rings (SSSR count). The smallest absolute Gasteiger partial charge is 0.362 e. The fourth-order valence-electron chi connectivity index (χ4n) is 1.04. The summed E-state index contributed by atoms with van der Waals surface area (Å²) in [6.07, 6.45) is 1.10. The number of rotatable bonds is 4. The highest BCUT2D eigenvalue weighted by Crippen LogP contribution is 2.15. The van der Waals surface area contributed by atoms with Crippen molar-refractivity contribution in [2.45, 2.75) is 0 Å². The number of para-hydroxylation sites is 1. The van der Waals surface area contributed by atoms with E-state index in [4.69, 9.17) is 10.9 Å². The molecule has 1 aromatic rings. The maximum Gasteiger partial charge on any atom is 0.362 e. The average molecular weight is 253 g/mol. The minimum atomic E-state index is -0.653. The quantitative estimate of drug-likeness (QED) is 0.296. The van der Waals surface area contributed by atoms with Gasteiger partial charge in [-0.05, 0) is 11.5 Å². The molecule has 0 aliphatic heterocycles. The molecule has 0 aliphatic carbocycles. The maximum atomic E-state index is 10.7. The van der Waals surface area contributed by atoms with Crippen molar-refractivity contribution in [1.29, 1.82) is 0 Å². The fraction of sp³-hybridized carbons (Fsp3) is 0. The predicted molar refractivity (Wildman–Crippen MR) is 60.9 cm³/mol. The fourth-order valence-corrected chi connectivity index (χ4v) is 1.04. The highest BCUT2D eigenvalue weighted by Gasteiger charge is 2.10. The predicted octanol–water partition coefficient (Wildman–Crippen LogP) is -0.0839. The van der Waals surface area contributed by atoms with E-state index in [1.54, 1.807) is 11.5 Å². The number of nitrogens with zero attached hydrogens (tertiary/aromatic N) is 4. The second-order valence-electron chi connectivity index (χ2n) is 2.93. The zero-order valence-electron chi connectivity index (χ0n) is 8.92. The summed E-state index contributed by atoms with van der Waals surface area (Å²) in [7, 11) is 0. The van der Waals surface area contributed by atoms with Crippen LogP contribution in [0.2, 0.25) is 0 Å². The zero-order valence-corrected chi connectivity index (χ0v) is 8.92. The number of hydrogen-bond donors (Lipinski definition) is 3. The van der Waals surface area contributed by atoms with Gasteiger partial charge < -0.3 is 5.73 Å². The largest absolute Gasteiger partial charge is 0.364 e. The monoisotopic (exact) mass is 253 g/mol. The van der Waals surface area contributed by atoms with Gasteiger partial charge in [0.1, 0.15) is 4.91 Å². The first-order valence-corrected chi connectivity index (χ1v) is 4.53. The molecule has 0 amide bonds. The van der Waals surface area contributed by atoms with Crippen LogP contribution < -0.4 is 11.2 Å². The lowest BCUT2D eigenvalue weighted by Gasteiger charge is -1.94. The lowest BCUT2D eigenvalue weighted by atomic mass is 10.2. The van der Waals surface area contributed by atoms with E-state index < -0.39 is 15.9 Å². The van der Waals surface area contributed by atoms with Crippen LogP contribution in [-0.2, 0) is 0 Å². The highest BCUT2D eigenvalue weighted by atomic mass is 16.7. The Morgan fingerprint density at radius 3 is 2.72 bits per heavy atom. The second kappa shape index (κ2) is 5.89. The molecule has 0 fully saturated rings. The number of hydrogen-bond acceptors (Lipinski definition) is 5. The van der Waals surface area contributed by atoms with Crippen LogP contribution in [0.4, 0.5) is 5.69 Å². The Morgan fingerprint density at radius 1 is 1.44 bits per heavy atom. The molecule has 0 atom stereocenters. The molecule has 0 unspecified atom stereocenters. The lowest BCUT2D eigenvalue weighted by Crippen LogP contribution is -2.36. The molecule has 10 heteroatoms. The molecule has 0 aromatic heterocycles. The SMILES string of the molecule is N/C(=N\N=C\c1ccccc1[N+](=O)[O-])N[N+](=O)O. The van der Waals surface area contributed by atoms with Gasteiger partial charge in [0.15, 0.2) is 0 Å². The number of hydrazine groups is 1. The number of nitro groups is 1. The van der Waals surface area contributed by atoms with Crippen molar-refractivity contribution in [3.05, 3.63) is 44.9 Å². The van der Waals surface area contributed by atoms with Crippen LogP contribution in [0.5, 0.6) is 0 Å². The Balaban J connectivity index is 2.85. The van der Waals surface area contributed by atoms with Crippen LogP contribution in [-0.4, -0.2) is 27.3 Å². The molecule has 0 bridgehead atoms. The lowest BCUT2D eigenvalue weighted by molar-refractivity contribution is -0.822. The molecular formula is C8H9N6O4+. The summed E-state index contributed by atoms with van der Waals surface area (Å²) >= 11 is 0. The van der Waals surface area contributed by atoms with Crippen LogP contribution >= 0.6 is 0 Å². The van der Waals surface area contributed by atoms with E-state index in [0.29, 0.717) is 0 Å². The standard InChI is InChI=1S/C8H9N6O4/c9-8(12-14(17)18)11-10-5-6-3-1-2-4-7(6)13(15)16/h1-5H,(H,17,18)(H3,9,11,12)/q+1/b10-5+. The van der Waals surface area contributed by atoms with Gasteiger partial charge in [-0.2, -0.15) is 5.10 Å². The molecule has 10 nitrogen and oxygen atoms in total. The highest BCUT2D eigenvalue weighted by molar-refractivity contribution is 5.86. The summed E-state index contributed by atoms with van der Waals surface area (Å²) in [6.45, 7) is 0. The maximum absolute atomic E-state index is 10.7. The van der Waals surface area contributed by atoms with Gasteiger partial charge in [0, 0.05) is 6.07 Å². The summed E-state index contributed by atoms with van der Waals surface area (Å²) in [6, 6.07) is 5.87. The molecule has 0 radical (unpaired) electrons. The van der Waals surface area contributed by atoms with Gasteiger partial charge >= 0.3 is 5.03 Å². The van der Waals surface area contributed by atoms with E-state index in [1.807, 2.05) is 0 Å². The first-order valence-electron chi connectivity index (χ1n) is 4.53. The molecule has 4 N–H and O–H groups in total. The summed E-state index contributed by atoms with van der Waals surface area (Å²) in [5.41, 5.74) is 6.89. The van der Waals surface area contributed by atoms with Crippen molar-refractivity contribution < 1.29 is 15.2 Å². The van der Waals surface area contributed by atoms with Gasteiger partial charge in [-0.25, -0.2) is 5.21 Å². The third kappa shape index (κ3) is 3.84. The Bertz CT molecular complexity index is 526. The summed E-state index contributed by atoms with van der Waals surface area (Å²) in [5.74, 6) is -0.470. The third-order valence-electron chi connectivity index (χ3n) is 1.71. The van der Waals surface area contributed by atoms with Crippen molar-refractivity contribution in [3.8, 4) is 0 Å². The van der Waals surface area contributed by atoms with Gasteiger partial charge in [0.25, 0.3) is 11.6 Å². The molecule has 0 aliphatic rings. The van der Waals surface area contributed by atoms with E-state index in [-0.39, 0.29) is 11.3 Å². The van der Waals surface area contributed by atoms with Gasteiger partial charge in [-0.3, -0.25) is 10.1 Å². The molecular weight excluding hydrogens is 244 g/mol. The van der Waals surface area contributed by atoms with Crippen molar-refractivity contribution in [3.63, 3.8) is 0 Å². The number of guanidine groups is 1. The van der Waals surface area contributed by atoms with Crippen molar-refractivity contribution in [2.75, 3.05) is 0 Å². The van der Waals surface area contributed by atoms with E-state index in [0.717, 1.165) is 6.21 Å². The molecule has 0 heterocycles. The molecule has 0 spiro atoms. The van der Waals surface area contributed by atoms with E-state index in [9.17, 15) is 15.0 Å². The Morgan fingerprint density at radius 2 is 2.11 bits per heavy atom. The van der Waals surface area contributed by atoms with Gasteiger partial charge in [0.2, 0.25) is 0 Å². The first kappa shape index (κ1) is 13.0. The third-order valence-corrected chi connectivity index (χ3v) is 1.71. The molecule has 1 aromatic carbocycles. The van der Waals surface area contributed by atoms with E-state index >= 15 is 0 Å². The van der Waals surface area contributed by atoms with Crippen LogP contribution in [0.25, 0.3) is 0 Å². The summed E-state index contributed by atoms with van der Waals surface area (Å²) in [4.78, 5) is 20.2. The molecule has 94 valence electrons. The minimum Gasteiger partial charge on any atom is -0.364 e. The van der Waals surface area contributed by atoms with Crippen molar-refractivity contribution in [2.24, 2.45) is 15.9 Å². The van der Waals surface area contributed by atoms with Gasteiger partial charge in [-0.15, -0.1) is 5.10 Å². The number of nitro benzene ring substituents is 1. The van der Waals surface area contributed by atoms with E-state index in [1.165, 1.54) is 18.2 Å². The molecule has 0 saturated carbocycles. The first-order chi connectivity index (χ1) is 8.50. The number of nitrogens with two attached hydrogens (primary N) is 1. The van der Waals surface area contributed by atoms with Gasteiger partial charge in [-0.1, -0.05) is 12.1 Å². The molecule has 0 saturated heterocycles. The number of nitrogens with one attached hydrogen (secondary N) is 1. The minimum absolute atomic E-state index is 0.143. The average Bonchev–Trinajstić information content (AvgIpc) is 2.28. The normalized spacial score (nSPS) is 11.4. The van der Waals surface area contributed by atoms with E-state index in [2.05, 4.69) is 10.2 Å². The topological polar surface area (TPSA) is 146 Å². The molecule has 18 heavy (non-hydrogen) atoms. The summed E-state index contributed by atoms with van der Waals surface area (Å²) < 4.78 is 0. The van der Waals surface area contributed by atoms with Crippen LogP contribution in [0.3, 0.4) is 0 Å². The van der Waals surface area contributed by atoms with Crippen LogP contribution in [0, 0.1) is 15.0 Å². The van der Waals surface area contributed by atoms with Crippen LogP contribution in [0.1, 0.15) is 5.56 Å². The Labute approximate surface area is 100 Å². The number of benzene rings is 1. The van der Waals surface area contributed by atoms with Crippen molar-refractivity contribution >= 4 is 17.9 Å². The van der Waals surface area contributed by atoms with Crippen LogP contribution in [0.15, 0.2) is 34.5 Å². The summed E-state index contributed by atoms with van der Waals surface area (Å²) in [5, 5.41) is 24.9. The Kier molecular flexibility index (Phi) is 4.26. The van der Waals surface area contributed by atoms with Crippen molar-refractivity contribution in [1.82, 2.24) is 5.43 Å². The zero-order chi connectivity index (χ0) is 13.5. The second-order valence-corrected chi connectivity index (χ2v) is 2.93. The Hall–Kier alpha value is -3.04.